The molecule has 1 N–H and O–H groups in total. The zero-order valence-electron chi connectivity index (χ0n) is 14.9. The third-order valence-corrected chi connectivity index (χ3v) is 4.55. The lowest BCUT2D eigenvalue weighted by atomic mass is 10.1. The van der Waals surface area contributed by atoms with Gasteiger partial charge in [-0.05, 0) is 48.9 Å². The molecule has 0 aliphatic heterocycles. The second-order valence-electron chi connectivity index (χ2n) is 6.26. The first-order valence-electron chi connectivity index (χ1n) is 9.05. The smallest absolute Gasteiger partial charge is 0.124 e. The van der Waals surface area contributed by atoms with Crippen LogP contribution in [0.3, 0.4) is 0 Å². The molecule has 0 heterocycles. The van der Waals surface area contributed by atoms with E-state index in [1.54, 1.807) is 0 Å². The fourth-order valence-electron chi connectivity index (χ4n) is 2.69. The van der Waals surface area contributed by atoms with Crippen molar-refractivity contribution >= 4 is 23.2 Å². The molecule has 0 saturated carbocycles. The lowest BCUT2D eigenvalue weighted by molar-refractivity contribution is 0.302. The molecule has 0 unspecified atom stereocenters. The van der Waals surface area contributed by atoms with Crippen LogP contribution in [0.15, 0.2) is 42.5 Å². The van der Waals surface area contributed by atoms with Gasteiger partial charge in [-0.2, -0.15) is 0 Å². The van der Waals surface area contributed by atoms with Crippen LogP contribution in [0.2, 0.25) is 10.0 Å². The van der Waals surface area contributed by atoms with Crippen LogP contribution in [-0.2, 0) is 13.2 Å². The maximum Gasteiger partial charge on any atom is 0.124 e. The number of hydrogen-bond acceptors (Lipinski definition) is 2. The second-order valence-corrected chi connectivity index (χ2v) is 7.13. The van der Waals surface area contributed by atoms with Gasteiger partial charge in [0.15, 0.2) is 0 Å². The normalized spacial score (nSPS) is 10.8. The lowest BCUT2D eigenvalue weighted by Crippen LogP contribution is -2.15. The van der Waals surface area contributed by atoms with Gasteiger partial charge >= 0.3 is 0 Å². The molecule has 0 spiro atoms. The predicted molar refractivity (Wildman–Crippen MR) is 108 cm³/mol. The minimum Gasteiger partial charge on any atom is -0.489 e. The summed E-state index contributed by atoms with van der Waals surface area (Å²) in [7, 11) is 0. The van der Waals surface area contributed by atoms with E-state index >= 15 is 0 Å². The Morgan fingerprint density at radius 1 is 0.920 bits per heavy atom. The zero-order valence-corrected chi connectivity index (χ0v) is 16.4. The lowest BCUT2D eigenvalue weighted by Gasteiger charge is -2.13. The SMILES string of the molecule is CCCCCCCNCc1cc(Cl)ccc1OCc1cccc(Cl)c1. The Morgan fingerprint density at radius 3 is 2.52 bits per heavy atom. The third-order valence-electron chi connectivity index (χ3n) is 4.08. The minimum absolute atomic E-state index is 0.492. The predicted octanol–water partition coefficient (Wildman–Crippen LogP) is 6.63. The average molecular weight is 380 g/mol. The van der Waals surface area contributed by atoms with E-state index in [1.165, 1.54) is 32.1 Å². The monoisotopic (exact) mass is 379 g/mol. The highest BCUT2D eigenvalue weighted by atomic mass is 35.5. The second kappa shape index (κ2) is 11.4. The van der Waals surface area contributed by atoms with Gasteiger partial charge in [-0.25, -0.2) is 0 Å². The highest BCUT2D eigenvalue weighted by molar-refractivity contribution is 6.30. The summed E-state index contributed by atoms with van der Waals surface area (Å²) in [4.78, 5) is 0. The number of rotatable bonds is 11. The summed E-state index contributed by atoms with van der Waals surface area (Å²) < 4.78 is 5.99. The molecule has 0 aliphatic rings. The summed E-state index contributed by atoms with van der Waals surface area (Å²) in [6, 6.07) is 13.5. The Hall–Kier alpha value is -1.22. The van der Waals surface area contributed by atoms with E-state index in [4.69, 9.17) is 27.9 Å². The van der Waals surface area contributed by atoms with E-state index < -0.39 is 0 Å². The Morgan fingerprint density at radius 2 is 1.72 bits per heavy atom. The minimum atomic E-state index is 0.492. The van der Waals surface area contributed by atoms with Gasteiger partial charge in [0.1, 0.15) is 12.4 Å². The molecule has 2 nitrogen and oxygen atoms in total. The molecule has 4 heteroatoms. The number of ether oxygens (including phenoxy) is 1. The topological polar surface area (TPSA) is 21.3 Å². The molecule has 0 amide bonds. The quantitative estimate of drug-likeness (QED) is 0.442. The molecule has 0 aliphatic carbocycles. The molecular formula is C21H27Cl2NO. The largest absolute Gasteiger partial charge is 0.489 e. The van der Waals surface area contributed by atoms with Gasteiger partial charge < -0.3 is 10.1 Å². The van der Waals surface area contributed by atoms with Gasteiger partial charge in [0.25, 0.3) is 0 Å². The average Bonchev–Trinajstić information content (AvgIpc) is 2.60. The van der Waals surface area contributed by atoms with Gasteiger partial charge in [0.2, 0.25) is 0 Å². The van der Waals surface area contributed by atoms with Crippen LogP contribution in [0.5, 0.6) is 5.75 Å². The van der Waals surface area contributed by atoms with Crippen molar-refractivity contribution in [1.29, 1.82) is 0 Å². The van der Waals surface area contributed by atoms with Gasteiger partial charge in [-0.1, -0.05) is 67.9 Å². The molecule has 0 bridgehead atoms. The molecular weight excluding hydrogens is 353 g/mol. The molecule has 0 saturated heterocycles. The van der Waals surface area contributed by atoms with E-state index in [0.29, 0.717) is 6.61 Å². The summed E-state index contributed by atoms with van der Waals surface area (Å²) in [5, 5.41) is 4.95. The number of nitrogens with one attached hydrogen (secondary N) is 1. The summed E-state index contributed by atoms with van der Waals surface area (Å²) in [5.41, 5.74) is 2.14. The van der Waals surface area contributed by atoms with Crippen molar-refractivity contribution in [2.75, 3.05) is 6.54 Å². The van der Waals surface area contributed by atoms with Gasteiger partial charge in [-0.15, -0.1) is 0 Å². The highest BCUT2D eigenvalue weighted by Crippen LogP contribution is 2.24. The number of benzene rings is 2. The van der Waals surface area contributed by atoms with E-state index in [1.807, 2.05) is 42.5 Å². The number of unbranched alkanes of at least 4 members (excludes halogenated alkanes) is 4. The van der Waals surface area contributed by atoms with Gasteiger partial charge in [0, 0.05) is 22.2 Å². The Balaban J connectivity index is 1.84. The van der Waals surface area contributed by atoms with E-state index in [-0.39, 0.29) is 0 Å². The first-order chi connectivity index (χ1) is 12.2. The van der Waals surface area contributed by atoms with Crippen molar-refractivity contribution in [2.45, 2.75) is 52.2 Å². The van der Waals surface area contributed by atoms with Gasteiger partial charge in [-0.3, -0.25) is 0 Å². The standard InChI is InChI=1S/C21H27Cl2NO/c1-2-3-4-5-6-12-24-15-18-14-20(23)10-11-21(18)25-16-17-8-7-9-19(22)13-17/h7-11,13-14,24H,2-6,12,15-16H2,1H3. The van der Waals surface area contributed by atoms with Crippen LogP contribution in [0.4, 0.5) is 0 Å². The van der Waals surface area contributed by atoms with Crippen molar-refractivity contribution in [2.24, 2.45) is 0 Å². The summed E-state index contributed by atoms with van der Waals surface area (Å²) in [5.74, 6) is 0.864. The maximum atomic E-state index is 6.15. The third kappa shape index (κ3) is 7.68. The Kier molecular flexibility index (Phi) is 9.17. The fourth-order valence-corrected chi connectivity index (χ4v) is 3.10. The van der Waals surface area contributed by atoms with E-state index in [0.717, 1.165) is 40.0 Å². The molecule has 2 aromatic rings. The molecule has 2 rings (SSSR count). The number of halogens is 2. The molecule has 25 heavy (non-hydrogen) atoms. The molecule has 0 radical (unpaired) electrons. The van der Waals surface area contributed by atoms with Gasteiger partial charge in [0.05, 0.1) is 0 Å². The van der Waals surface area contributed by atoms with E-state index in [9.17, 15) is 0 Å². The van der Waals surface area contributed by atoms with Crippen LogP contribution in [0.1, 0.15) is 50.2 Å². The van der Waals surface area contributed by atoms with Crippen LogP contribution < -0.4 is 10.1 Å². The Labute approximate surface area is 161 Å². The summed E-state index contributed by atoms with van der Waals surface area (Å²) >= 11 is 12.2. The molecule has 0 fully saturated rings. The molecule has 136 valence electrons. The molecule has 2 aromatic carbocycles. The first-order valence-corrected chi connectivity index (χ1v) is 9.81. The van der Waals surface area contributed by atoms with E-state index in [2.05, 4.69) is 12.2 Å². The van der Waals surface area contributed by atoms with Crippen LogP contribution in [-0.4, -0.2) is 6.54 Å². The van der Waals surface area contributed by atoms with Crippen molar-refractivity contribution in [3.05, 3.63) is 63.6 Å². The molecule has 0 aromatic heterocycles. The van der Waals surface area contributed by atoms with Crippen LogP contribution in [0, 0.1) is 0 Å². The van der Waals surface area contributed by atoms with Crippen molar-refractivity contribution in [1.82, 2.24) is 5.32 Å². The van der Waals surface area contributed by atoms with Crippen molar-refractivity contribution < 1.29 is 4.74 Å². The number of hydrogen-bond donors (Lipinski definition) is 1. The Bertz CT molecular complexity index is 646. The van der Waals surface area contributed by atoms with Crippen molar-refractivity contribution in [3.8, 4) is 5.75 Å². The summed E-state index contributed by atoms with van der Waals surface area (Å²) in [6.45, 7) is 4.51. The van der Waals surface area contributed by atoms with Crippen molar-refractivity contribution in [3.63, 3.8) is 0 Å². The maximum absolute atomic E-state index is 6.15. The first kappa shape index (κ1) is 20.1. The van der Waals surface area contributed by atoms with Crippen LogP contribution in [0.25, 0.3) is 0 Å². The van der Waals surface area contributed by atoms with Crippen LogP contribution >= 0.6 is 23.2 Å². The fraction of sp³-hybridized carbons (Fsp3) is 0.429. The summed E-state index contributed by atoms with van der Waals surface area (Å²) in [6.07, 6.45) is 6.43. The molecule has 0 atom stereocenters. The zero-order chi connectivity index (χ0) is 17.9. The highest BCUT2D eigenvalue weighted by Gasteiger charge is 2.06.